The summed E-state index contributed by atoms with van der Waals surface area (Å²) >= 11 is 0. The zero-order chi connectivity index (χ0) is 12.6. The molecule has 0 radical (unpaired) electrons. The molecule has 0 aromatic rings. The lowest BCUT2D eigenvalue weighted by Gasteiger charge is -2.41. The lowest BCUT2D eigenvalue weighted by Crippen LogP contribution is -2.50. The second-order valence-electron chi connectivity index (χ2n) is 7.03. The number of nitrogens with one attached hydrogen (secondary N) is 1. The second kappa shape index (κ2) is 5.13. The van der Waals surface area contributed by atoms with E-state index in [9.17, 15) is 0 Å². The molecule has 0 amide bonds. The minimum atomic E-state index is 0.741. The largest absolute Gasteiger partial charge is 0.314 e. The minimum Gasteiger partial charge on any atom is -0.314 e. The van der Waals surface area contributed by atoms with Crippen molar-refractivity contribution in [3.05, 3.63) is 0 Å². The first-order valence-corrected chi connectivity index (χ1v) is 8.25. The molecule has 18 heavy (non-hydrogen) atoms. The maximum atomic E-state index is 3.76. The van der Waals surface area contributed by atoms with E-state index < -0.39 is 0 Å². The van der Waals surface area contributed by atoms with E-state index in [1.807, 2.05) is 0 Å². The summed E-state index contributed by atoms with van der Waals surface area (Å²) in [7, 11) is 0. The Labute approximate surface area is 113 Å². The van der Waals surface area contributed by atoms with Gasteiger partial charge in [-0.1, -0.05) is 13.8 Å². The summed E-state index contributed by atoms with van der Waals surface area (Å²) in [6, 6.07) is 2.62. The zero-order valence-electron chi connectivity index (χ0n) is 12.3. The first kappa shape index (κ1) is 12.9. The van der Waals surface area contributed by atoms with Crippen LogP contribution in [0.3, 0.4) is 0 Å². The molecule has 2 nitrogen and oxygen atoms in total. The highest BCUT2D eigenvalue weighted by atomic mass is 15.2. The van der Waals surface area contributed by atoms with Gasteiger partial charge < -0.3 is 5.32 Å². The molecule has 1 N–H and O–H groups in total. The van der Waals surface area contributed by atoms with Crippen molar-refractivity contribution in [2.75, 3.05) is 13.1 Å². The average Bonchev–Trinajstić information content (AvgIpc) is 3.11. The van der Waals surface area contributed by atoms with Crippen LogP contribution in [0, 0.1) is 5.41 Å². The van der Waals surface area contributed by atoms with Crippen LogP contribution in [0.2, 0.25) is 0 Å². The summed E-state index contributed by atoms with van der Waals surface area (Å²) in [5, 5.41) is 3.76. The van der Waals surface area contributed by atoms with Gasteiger partial charge in [-0.2, -0.15) is 0 Å². The summed E-state index contributed by atoms with van der Waals surface area (Å²) in [4.78, 5) is 2.90. The molecule has 0 aromatic heterocycles. The Balaban J connectivity index is 1.56. The van der Waals surface area contributed by atoms with E-state index in [-0.39, 0.29) is 0 Å². The number of hydrogen-bond donors (Lipinski definition) is 1. The maximum absolute atomic E-state index is 3.76. The van der Waals surface area contributed by atoms with Crippen molar-refractivity contribution in [1.29, 1.82) is 0 Å². The third kappa shape index (κ3) is 2.46. The Kier molecular flexibility index (Phi) is 3.68. The highest BCUT2D eigenvalue weighted by Gasteiger charge is 2.48. The van der Waals surface area contributed by atoms with E-state index in [1.165, 1.54) is 64.5 Å². The van der Waals surface area contributed by atoms with Gasteiger partial charge in [0.25, 0.3) is 0 Å². The van der Waals surface area contributed by atoms with Gasteiger partial charge in [-0.3, -0.25) is 4.90 Å². The number of fused-ring (bicyclic) bond motifs is 2. The van der Waals surface area contributed by atoms with E-state index in [0.29, 0.717) is 0 Å². The average molecular weight is 250 g/mol. The molecule has 2 bridgehead atoms. The predicted molar refractivity (Wildman–Crippen MR) is 76.8 cm³/mol. The van der Waals surface area contributed by atoms with E-state index in [2.05, 4.69) is 24.1 Å². The highest BCUT2D eigenvalue weighted by molar-refractivity contribution is 5.03. The molecule has 2 saturated heterocycles. The van der Waals surface area contributed by atoms with Crippen LogP contribution in [0.1, 0.15) is 65.2 Å². The topological polar surface area (TPSA) is 15.3 Å². The van der Waals surface area contributed by atoms with Gasteiger partial charge in [0.05, 0.1) is 0 Å². The Morgan fingerprint density at radius 3 is 2.28 bits per heavy atom. The number of nitrogens with zero attached hydrogens (tertiary/aromatic N) is 1. The molecule has 1 saturated carbocycles. The van der Waals surface area contributed by atoms with Gasteiger partial charge in [-0.15, -0.1) is 0 Å². The van der Waals surface area contributed by atoms with Crippen LogP contribution in [0.15, 0.2) is 0 Å². The van der Waals surface area contributed by atoms with Crippen molar-refractivity contribution in [3.8, 4) is 0 Å². The normalized spacial score (nSPS) is 38.0. The molecule has 0 spiro atoms. The van der Waals surface area contributed by atoms with E-state index in [4.69, 9.17) is 0 Å². The summed E-state index contributed by atoms with van der Waals surface area (Å²) in [6.45, 7) is 7.29. The first-order chi connectivity index (χ1) is 8.76. The molecule has 2 atom stereocenters. The van der Waals surface area contributed by atoms with Crippen LogP contribution in [0.25, 0.3) is 0 Å². The molecule has 2 heteroatoms. The van der Waals surface area contributed by atoms with Crippen LogP contribution in [-0.2, 0) is 0 Å². The van der Waals surface area contributed by atoms with E-state index >= 15 is 0 Å². The third-order valence-corrected chi connectivity index (χ3v) is 5.79. The fourth-order valence-corrected chi connectivity index (χ4v) is 4.23. The molecule has 3 fully saturated rings. The van der Waals surface area contributed by atoms with Crippen molar-refractivity contribution in [2.45, 2.75) is 83.3 Å². The van der Waals surface area contributed by atoms with E-state index in [0.717, 1.165) is 23.5 Å². The molecule has 2 heterocycles. The van der Waals surface area contributed by atoms with Gasteiger partial charge in [0.2, 0.25) is 0 Å². The fourth-order valence-electron chi connectivity index (χ4n) is 4.23. The van der Waals surface area contributed by atoms with Crippen LogP contribution < -0.4 is 5.32 Å². The summed E-state index contributed by atoms with van der Waals surface area (Å²) in [6.07, 6.45) is 11.4. The molecular formula is C16H30N2. The van der Waals surface area contributed by atoms with Crippen molar-refractivity contribution in [1.82, 2.24) is 10.2 Å². The number of rotatable bonds is 6. The lowest BCUT2D eigenvalue weighted by atomic mass is 9.94. The van der Waals surface area contributed by atoms with Crippen LogP contribution in [0.5, 0.6) is 0 Å². The molecule has 1 aliphatic carbocycles. The molecular weight excluding hydrogens is 220 g/mol. The van der Waals surface area contributed by atoms with Gasteiger partial charge in [0.1, 0.15) is 0 Å². The first-order valence-electron chi connectivity index (χ1n) is 8.25. The number of hydrogen-bond acceptors (Lipinski definition) is 2. The smallest absolute Gasteiger partial charge is 0.0114 e. The fraction of sp³-hybridized carbons (Fsp3) is 1.00. The standard InChI is InChI=1S/C16H30N2/c1-3-9-17-13-10-14-5-6-15(11-13)18(14)12-16(4-2)7-8-16/h13-15,17H,3-12H2,1-2H3. The van der Waals surface area contributed by atoms with Gasteiger partial charge in [0, 0.05) is 24.7 Å². The summed E-state index contributed by atoms with van der Waals surface area (Å²) in [5.41, 5.74) is 0.741. The Morgan fingerprint density at radius 1 is 1.11 bits per heavy atom. The van der Waals surface area contributed by atoms with Crippen molar-refractivity contribution < 1.29 is 0 Å². The van der Waals surface area contributed by atoms with Crippen molar-refractivity contribution in [2.24, 2.45) is 5.41 Å². The van der Waals surface area contributed by atoms with Gasteiger partial charge >= 0.3 is 0 Å². The predicted octanol–water partition coefficient (Wildman–Crippen LogP) is 3.17. The minimum absolute atomic E-state index is 0.741. The Hall–Kier alpha value is -0.0800. The van der Waals surface area contributed by atoms with Gasteiger partial charge in [-0.25, -0.2) is 0 Å². The molecule has 3 aliphatic rings. The lowest BCUT2D eigenvalue weighted by molar-refractivity contribution is 0.0908. The Bertz CT molecular complexity index is 271. The van der Waals surface area contributed by atoms with Gasteiger partial charge in [-0.05, 0) is 63.3 Å². The molecule has 2 aliphatic heterocycles. The van der Waals surface area contributed by atoms with Crippen LogP contribution in [-0.4, -0.2) is 36.1 Å². The Morgan fingerprint density at radius 2 is 1.78 bits per heavy atom. The molecule has 0 aromatic carbocycles. The quantitative estimate of drug-likeness (QED) is 0.779. The zero-order valence-corrected chi connectivity index (χ0v) is 12.3. The van der Waals surface area contributed by atoms with Gasteiger partial charge in [0.15, 0.2) is 0 Å². The molecule has 104 valence electrons. The monoisotopic (exact) mass is 250 g/mol. The SMILES string of the molecule is CCCNC1CC2CCC(C1)N2CC1(CC)CC1. The molecule has 2 unspecified atom stereocenters. The maximum Gasteiger partial charge on any atom is 0.0114 e. The van der Waals surface area contributed by atoms with Crippen molar-refractivity contribution >= 4 is 0 Å². The van der Waals surface area contributed by atoms with Crippen LogP contribution in [0.4, 0.5) is 0 Å². The highest BCUT2D eigenvalue weighted by Crippen LogP contribution is 2.51. The molecule has 3 rings (SSSR count). The van der Waals surface area contributed by atoms with Crippen LogP contribution >= 0.6 is 0 Å². The summed E-state index contributed by atoms with van der Waals surface area (Å²) < 4.78 is 0. The van der Waals surface area contributed by atoms with E-state index in [1.54, 1.807) is 0 Å². The number of piperidine rings is 1. The summed E-state index contributed by atoms with van der Waals surface area (Å²) in [5.74, 6) is 0. The van der Waals surface area contributed by atoms with Crippen molar-refractivity contribution in [3.63, 3.8) is 0 Å². The second-order valence-corrected chi connectivity index (χ2v) is 7.03. The third-order valence-electron chi connectivity index (χ3n) is 5.79.